The lowest BCUT2D eigenvalue weighted by Crippen LogP contribution is -2.21. The second kappa shape index (κ2) is 7.30. The van der Waals surface area contributed by atoms with Crippen molar-refractivity contribution in [2.45, 2.75) is 33.9 Å². The fraction of sp³-hybridized carbons (Fsp3) is 0.438. The van der Waals surface area contributed by atoms with Gasteiger partial charge in [0.15, 0.2) is 0 Å². The van der Waals surface area contributed by atoms with Gasteiger partial charge in [-0.15, -0.1) is 0 Å². The van der Waals surface area contributed by atoms with Crippen LogP contribution in [0.15, 0.2) is 24.4 Å². The number of aryl methyl sites for hydroxylation is 1. The minimum atomic E-state index is 0.589. The molecular weight excluding hydrogens is 305 g/mol. The molecule has 0 radical (unpaired) electrons. The molecule has 1 aromatic heterocycles. The second-order valence-corrected chi connectivity index (χ2v) is 6.41. The van der Waals surface area contributed by atoms with E-state index in [1.54, 1.807) is 6.07 Å². The van der Waals surface area contributed by atoms with Crippen LogP contribution >= 0.6 is 23.2 Å². The predicted molar refractivity (Wildman–Crippen MR) is 89.1 cm³/mol. The lowest BCUT2D eigenvalue weighted by molar-refractivity contribution is 0.537. The number of benzene rings is 1. The van der Waals surface area contributed by atoms with E-state index in [0.717, 1.165) is 30.2 Å². The maximum atomic E-state index is 6.28. The Bertz CT molecular complexity index is 606. The number of hydrogen-bond acceptors (Lipinski definition) is 2. The van der Waals surface area contributed by atoms with Crippen molar-refractivity contribution < 1.29 is 0 Å². The lowest BCUT2D eigenvalue weighted by atomic mass is 10.2. The van der Waals surface area contributed by atoms with E-state index < -0.39 is 0 Å². The zero-order valence-corrected chi connectivity index (χ0v) is 14.2. The SMILES string of the molecule is Cc1ncc(CNCC(C)C)n1Cc1cccc(Cl)c1Cl. The third-order valence-electron chi connectivity index (χ3n) is 3.36. The summed E-state index contributed by atoms with van der Waals surface area (Å²) >= 11 is 12.4. The van der Waals surface area contributed by atoms with Gasteiger partial charge >= 0.3 is 0 Å². The van der Waals surface area contributed by atoms with Crippen LogP contribution in [0.4, 0.5) is 0 Å². The van der Waals surface area contributed by atoms with E-state index in [1.807, 2.05) is 25.3 Å². The summed E-state index contributed by atoms with van der Waals surface area (Å²) in [5.74, 6) is 1.61. The number of nitrogens with zero attached hydrogens (tertiary/aromatic N) is 2. The van der Waals surface area contributed by atoms with Crippen LogP contribution in [0.5, 0.6) is 0 Å². The normalized spacial score (nSPS) is 11.3. The largest absolute Gasteiger partial charge is 0.327 e. The van der Waals surface area contributed by atoms with Crippen LogP contribution in [0.2, 0.25) is 10.0 Å². The number of aromatic nitrogens is 2. The molecule has 0 spiro atoms. The smallest absolute Gasteiger partial charge is 0.106 e. The molecule has 5 heteroatoms. The summed E-state index contributed by atoms with van der Waals surface area (Å²) in [6.45, 7) is 8.87. The molecule has 0 saturated carbocycles. The minimum Gasteiger partial charge on any atom is -0.327 e. The van der Waals surface area contributed by atoms with Crippen molar-refractivity contribution in [1.29, 1.82) is 0 Å². The van der Waals surface area contributed by atoms with Crippen molar-refractivity contribution in [3.63, 3.8) is 0 Å². The molecule has 1 N–H and O–H groups in total. The Morgan fingerprint density at radius 3 is 2.76 bits per heavy atom. The molecule has 0 bridgehead atoms. The van der Waals surface area contributed by atoms with Crippen molar-refractivity contribution in [2.75, 3.05) is 6.54 Å². The van der Waals surface area contributed by atoms with Gasteiger partial charge in [0.25, 0.3) is 0 Å². The molecule has 0 saturated heterocycles. The third-order valence-corrected chi connectivity index (χ3v) is 4.21. The molecule has 1 heterocycles. The molecule has 3 nitrogen and oxygen atoms in total. The molecular formula is C16H21Cl2N3. The van der Waals surface area contributed by atoms with E-state index in [1.165, 1.54) is 0 Å². The predicted octanol–water partition coefficient (Wildman–Crippen LogP) is 4.29. The van der Waals surface area contributed by atoms with E-state index in [-0.39, 0.29) is 0 Å². The topological polar surface area (TPSA) is 29.9 Å². The highest BCUT2D eigenvalue weighted by molar-refractivity contribution is 6.42. The maximum absolute atomic E-state index is 6.28. The van der Waals surface area contributed by atoms with Gasteiger partial charge in [-0.1, -0.05) is 49.2 Å². The van der Waals surface area contributed by atoms with Crippen LogP contribution in [0, 0.1) is 12.8 Å². The molecule has 0 fully saturated rings. The molecule has 0 aliphatic heterocycles. The van der Waals surface area contributed by atoms with E-state index in [9.17, 15) is 0 Å². The average Bonchev–Trinajstić information content (AvgIpc) is 2.76. The first-order chi connectivity index (χ1) is 9.99. The van der Waals surface area contributed by atoms with Crippen LogP contribution in [-0.4, -0.2) is 16.1 Å². The highest BCUT2D eigenvalue weighted by Crippen LogP contribution is 2.26. The van der Waals surface area contributed by atoms with Crippen LogP contribution in [0.25, 0.3) is 0 Å². The summed E-state index contributed by atoms with van der Waals surface area (Å²) in [5, 5.41) is 4.65. The van der Waals surface area contributed by atoms with Gasteiger partial charge in [-0.05, 0) is 31.0 Å². The van der Waals surface area contributed by atoms with Crippen LogP contribution in [-0.2, 0) is 13.1 Å². The Balaban J connectivity index is 2.16. The van der Waals surface area contributed by atoms with E-state index >= 15 is 0 Å². The maximum Gasteiger partial charge on any atom is 0.106 e. The summed E-state index contributed by atoms with van der Waals surface area (Å²) in [7, 11) is 0. The lowest BCUT2D eigenvalue weighted by Gasteiger charge is -2.13. The fourth-order valence-corrected chi connectivity index (χ4v) is 2.58. The van der Waals surface area contributed by atoms with Gasteiger partial charge in [0.2, 0.25) is 0 Å². The first kappa shape index (κ1) is 16.3. The molecule has 21 heavy (non-hydrogen) atoms. The van der Waals surface area contributed by atoms with Gasteiger partial charge in [0.1, 0.15) is 5.82 Å². The third kappa shape index (κ3) is 4.22. The van der Waals surface area contributed by atoms with Crippen LogP contribution < -0.4 is 5.32 Å². The number of nitrogens with one attached hydrogen (secondary N) is 1. The first-order valence-electron chi connectivity index (χ1n) is 7.13. The molecule has 0 unspecified atom stereocenters. The molecule has 0 amide bonds. The zero-order valence-electron chi connectivity index (χ0n) is 12.7. The van der Waals surface area contributed by atoms with Crippen molar-refractivity contribution in [1.82, 2.24) is 14.9 Å². The van der Waals surface area contributed by atoms with Crippen molar-refractivity contribution in [2.24, 2.45) is 5.92 Å². The van der Waals surface area contributed by atoms with Gasteiger partial charge in [-0.25, -0.2) is 4.98 Å². The summed E-state index contributed by atoms with van der Waals surface area (Å²) in [6, 6.07) is 5.73. The average molecular weight is 326 g/mol. The Morgan fingerprint density at radius 1 is 1.29 bits per heavy atom. The zero-order chi connectivity index (χ0) is 15.4. The highest BCUT2D eigenvalue weighted by Gasteiger charge is 2.10. The number of rotatable bonds is 6. The minimum absolute atomic E-state index is 0.589. The Labute approximate surface area is 136 Å². The molecule has 2 rings (SSSR count). The van der Waals surface area contributed by atoms with Gasteiger partial charge in [0.05, 0.1) is 22.3 Å². The second-order valence-electron chi connectivity index (χ2n) is 5.62. The molecule has 0 atom stereocenters. The molecule has 1 aromatic carbocycles. The van der Waals surface area contributed by atoms with Gasteiger partial charge < -0.3 is 9.88 Å². The first-order valence-corrected chi connectivity index (χ1v) is 7.89. The van der Waals surface area contributed by atoms with Gasteiger partial charge in [-0.3, -0.25) is 0 Å². The summed E-state index contributed by atoms with van der Waals surface area (Å²) in [5.41, 5.74) is 2.17. The quantitative estimate of drug-likeness (QED) is 0.858. The summed E-state index contributed by atoms with van der Waals surface area (Å²) in [6.07, 6.45) is 1.92. The van der Waals surface area contributed by atoms with E-state index in [4.69, 9.17) is 23.2 Å². The summed E-state index contributed by atoms with van der Waals surface area (Å²) in [4.78, 5) is 4.41. The molecule has 2 aromatic rings. The monoisotopic (exact) mass is 325 g/mol. The van der Waals surface area contributed by atoms with Crippen molar-refractivity contribution in [3.8, 4) is 0 Å². The van der Waals surface area contributed by atoms with E-state index in [0.29, 0.717) is 22.5 Å². The highest BCUT2D eigenvalue weighted by atomic mass is 35.5. The van der Waals surface area contributed by atoms with Gasteiger partial charge in [0, 0.05) is 12.7 Å². The fourth-order valence-electron chi connectivity index (χ4n) is 2.20. The Hall–Kier alpha value is -1.03. The Kier molecular flexibility index (Phi) is 5.68. The van der Waals surface area contributed by atoms with Crippen molar-refractivity contribution in [3.05, 3.63) is 51.5 Å². The molecule has 0 aliphatic carbocycles. The Morgan fingerprint density at radius 2 is 2.05 bits per heavy atom. The van der Waals surface area contributed by atoms with Crippen LogP contribution in [0.3, 0.4) is 0 Å². The molecule has 114 valence electrons. The van der Waals surface area contributed by atoms with Crippen molar-refractivity contribution >= 4 is 23.2 Å². The number of halogens is 2. The summed E-state index contributed by atoms with van der Waals surface area (Å²) < 4.78 is 2.17. The van der Waals surface area contributed by atoms with Crippen LogP contribution in [0.1, 0.15) is 30.9 Å². The van der Waals surface area contributed by atoms with E-state index in [2.05, 4.69) is 28.7 Å². The molecule has 0 aliphatic rings. The standard InChI is InChI=1S/C16H21Cl2N3/c1-11(2)7-19-8-14-9-20-12(3)21(14)10-13-5-4-6-15(17)16(13)18/h4-6,9,11,19H,7-8,10H2,1-3H3. The van der Waals surface area contributed by atoms with Gasteiger partial charge in [-0.2, -0.15) is 0 Å². The number of imidazole rings is 1. The number of hydrogen-bond donors (Lipinski definition) is 1.